The van der Waals surface area contributed by atoms with E-state index in [4.69, 9.17) is 0 Å². The van der Waals surface area contributed by atoms with Gasteiger partial charge in [-0.1, -0.05) is 25.3 Å². The summed E-state index contributed by atoms with van der Waals surface area (Å²) < 4.78 is 238. The van der Waals surface area contributed by atoms with Gasteiger partial charge in [-0.05, 0) is 27.7 Å². The van der Waals surface area contributed by atoms with Gasteiger partial charge in [0.25, 0.3) is 5.92 Å². The molecule has 0 aliphatic carbocycles. The van der Waals surface area contributed by atoms with Gasteiger partial charge in [0.15, 0.2) is 46.5 Å². The largest absolute Gasteiger partial charge is 0.423 e. The van der Waals surface area contributed by atoms with Crippen LogP contribution in [0.15, 0.2) is 13.2 Å². The Balaban J connectivity index is 2.29. The summed E-state index contributed by atoms with van der Waals surface area (Å²) in [7, 11) is 0. The number of hydrogen-bond donors (Lipinski definition) is 2. The quantitative estimate of drug-likeness (QED) is 0.142. The van der Waals surface area contributed by atoms with Gasteiger partial charge >= 0.3 is 18.1 Å². The van der Waals surface area contributed by atoms with Crippen molar-refractivity contribution in [2.45, 2.75) is 63.0 Å². The van der Waals surface area contributed by atoms with Crippen molar-refractivity contribution in [2.24, 2.45) is 0 Å². The Hall–Kier alpha value is -3.68. The molecule has 0 saturated heterocycles. The van der Waals surface area contributed by atoms with Gasteiger partial charge in [0.1, 0.15) is 29.1 Å². The number of hydrogen-bond acceptors (Lipinski definition) is 4. The molecule has 0 heterocycles. The molecule has 0 radical (unpaired) electrons. The van der Waals surface area contributed by atoms with E-state index in [9.17, 15) is 70.2 Å². The number of rotatable bonds is 15. The van der Waals surface area contributed by atoms with Crippen LogP contribution >= 0.6 is 0 Å². The Kier molecular flexibility index (Phi) is 11.2. The zero-order chi connectivity index (χ0) is 37.6. The molecule has 4 nitrogen and oxygen atoms in total. The van der Waals surface area contributed by atoms with Gasteiger partial charge in [-0.3, -0.25) is 0 Å². The van der Waals surface area contributed by atoms with Crippen molar-refractivity contribution in [2.75, 3.05) is 23.7 Å². The number of halogens is 16. The van der Waals surface area contributed by atoms with Crippen LogP contribution in [0.1, 0.15) is 38.8 Å². The van der Waals surface area contributed by atoms with Gasteiger partial charge < -0.3 is 20.1 Å². The Morgan fingerprint density at radius 2 is 0.854 bits per heavy atom. The minimum absolute atomic E-state index is 0.0543. The molecule has 2 aromatic carbocycles. The van der Waals surface area contributed by atoms with Gasteiger partial charge in [-0.25, -0.2) is 43.9 Å². The number of anilines is 2. The molecule has 0 saturated carbocycles. The molecule has 0 fully saturated rings. The number of alkyl halides is 8. The van der Waals surface area contributed by atoms with E-state index >= 15 is 0 Å². The average Bonchev–Trinajstić information content (AvgIpc) is 2.94. The molecule has 0 aliphatic rings. The standard InChI is InChI=1S/C28H24F16N2O2/c1-7-11-13(29)17(33)21(18(34)14(11)30)45-9-25(37,38)23(3,4)48-28(43,44)27(41,42)24(5,6)47-26(39,40)10-46-22-19(35)15(31)12(8-2)16(32)20(22)36/h7-8,45-46H,1-2,9-10H2,3-6H3. The first-order valence-corrected chi connectivity index (χ1v) is 12.9. The lowest BCUT2D eigenvalue weighted by Crippen LogP contribution is -2.64. The molecular weight excluding hydrogens is 700 g/mol. The van der Waals surface area contributed by atoms with Crippen molar-refractivity contribution in [1.82, 2.24) is 0 Å². The Morgan fingerprint density at radius 3 is 1.19 bits per heavy atom. The topological polar surface area (TPSA) is 42.5 Å². The van der Waals surface area contributed by atoms with Gasteiger partial charge in [0.05, 0.1) is 17.7 Å². The molecule has 2 aromatic rings. The lowest BCUT2D eigenvalue weighted by Gasteiger charge is -2.43. The van der Waals surface area contributed by atoms with E-state index in [2.05, 4.69) is 22.6 Å². The normalized spacial score (nSPS) is 13.5. The summed E-state index contributed by atoms with van der Waals surface area (Å²) in [6.45, 7) is 1.22. The molecule has 0 amide bonds. The average molecular weight is 724 g/mol. The van der Waals surface area contributed by atoms with Crippen LogP contribution in [-0.2, 0) is 9.47 Å². The van der Waals surface area contributed by atoms with Crippen molar-refractivity contribution in [3.63, 3.8) is 0 Å². The summed E-state index contributed by atoms with van der Waals surface area (Å²) in [5.74, 6) is -28.3. The summed E-state index contributed by atoms with van der Waals surface area (Å²) >= 11 is 0. The monoisotopic (exact) mass is 724 g/mol. The molecule has 0 atom stereocenters. The highest BCUT2D eigenvalue weighted by Gasteiger charge is 2.71. The third kappa shape index (κ3) is 7.32. The van der Waals surface area contributed by atoms with Crippen LogP contribution in [-0.4, -0.2) is 48.4 Å². The van der Waals surface area contributed by atoms with Crippen molar-refractivity contribution in [3.05, 3.63) is 70.8 Å². The fraction of sp³-hybridized carbons (Fsp3) is 0.429. The number of benzene rings is 2. The molecule has 0 bridgehead atoms. The maximum atomic E-state index is 15.0. The lowest BCUT2D eigenvalue weighted by atomic mass is 9.96. The minimum atomic E-state index is -6.15. The van der Waals surface area contributed by atoms with Gasteiger partial charge in [0.2, 0.25) is 0 Å². The van der Waals surface area contributed by atoms with Crippen LogP contribution in [0.5, 0.6) is 0 Å². The maximum absolute atomic E-state index is 15.0. The first-order chi connectivity index (χ1) is 21.5. The third-order valence-electron chi connectivity index (χ3n) is 6.75. The van der Waals surface area contributed by atoms with E-state index in [-0.39, 0.29) is 27.7 Å². The van der Waals surface area contributed by atoms with Crippen LogP contribution < -0.4 is 10.6 Å². The third-order valence-corrected chi connectivity index (χ3v) is 6.75. The van der Waals surface area contributed by atoms with Crippen molar-refractivity contribution < 1.29 is 79.7 Å². The molecule has 0 unspecified atom stereocenters. The van der Waals surface area contributed by atoms with E-state index in [1.54, 1.807) is 0 Å². The van der Waals surface area contributed by atoms with Crippen LogP contribution in [0.25, 0.3) is 12.2 Å². The summed E-state index contributed by atoms with van der Waals surface area (Å²) in [6.07, 6.45) is -10.6. The summed E-state index contributed by atoms with van der Waals surface area (Å²) in [5, 5.41) is 2.39. The molecule has 2 rings (SSSR count). The summed E-state index contributed by atoms with van der Waals surface area (Å²) in [6, 6.07) is 0. The number of ether oxygens (including phenoxy) is 2. The highest BCUT2D eigenvalue weighted by Crippen LogP contribution is 2.50. The van der Waals surface area contributed by atoms with Gasteiger partial charge in [0, 0.05) is 0 Å². The molecule has 270 valence electrons. The SMILES string of the molecule is C=Cc1c(F)c(F)c(NCC(F)(F)OC(C)(C)C(F)(F)C(F)(F)OC(C)(C)C(F)(F)CNc2c(F)c(F)c(C=C)c(F)c2F)c(F)c1F. The minimum Gasteiger partial charge on any atom is -0.374 e. The van der Waals surface area contributed by atoms with Crippen molar-refractivity contribution >= 4 is 23.5 Å². The molecule has 2 N–H and O–H groups in total. The fourth-order valence-corrected chi connectivity index (χ4v) is 3.85. The van der Waals surface area contributed by atoms with Crippen molar-refractivity contribution in [3.8, 4) is 0 Å². The number of nitrogens with one attached hydrogen (secondary N) is 2. The Bertz CT molecular complexity index is 1520. The summed E-state index contributed by atoms with van der Waals surface area (Å²) in [4.78, 5) is 0. The molecule has 0 spiro atoms. The predicted molar refractivity (Wildman–Crippen MR) is 140 cm³/mol. The predicted octanol–water partition coefficient (Wildman–Crippen LogP) is 9.66. The fourth-order valence-electron chi connectivity index (χ4n) is 3.85. The van der Waals surface area contributed by atoms with E-state index in [1.807, 2.05) is 0 Å². The van der Waals surface area contributed by atoms with E-state index in [0.717, 1.165) is 5.32 Å². The van der Waals surface area contributed by atoms with Crippen LogP contribution in [0.2, 0.25) is 0 Å². The second-order valence-corrected chi connectivity index (χ2v) is 10.9. The molecular formula is C28H24F16N2O2. The molecule has 48 heavy (non-hydrogen) atoms. The molecule has 20 heteroatoms. The van der Waals surface area contributed by atoms with Crippen LogP contribution in [0.3, 0.4) is 0 Å². The first kappa shape index (κ1) is 40.5. The zero-order valence-electron chi connectivity index (χ0n) is 24.8. The maximum Gasteiger partial charge on any atom is 0.423 e. The van der Waals surface area contributed by atoms with Crippen LogP contribution in [0, 0.1) is 46.5 Å². The smallest absolute Gasteiger partial charge is 0.374 e. The Morgan fingerprint density at radius 1 is 0.521 bits per heavy atom. The summed E-state index contributed by atoms with van der Waals surface area (Å²) in [5.41, 5.74) is -14.3. The zero-order valence-corrected chi connectivity index (χ0v) is 24.8. The lowest BCUT2D eigenvalue weighted by molar-refractivity contribution is -0.442. The van der Waals surface area contributed by atoms with Crippen LogP contribution in [0.4, 0.5) is 81.6 Å². The Labute approximate surface area is 261 Å². The molecule has 0 aliphatic heterocycles. The van der Waals surface area contributed by atoms with E-state index in [0.29, 0.717) is 12.2 Å². The second-order valence-electron chi connectivity index (χ2n) is 10.9. The second kappa shape index (κ2) is 13.3. The molecule has 0 aromatic heterocycles. The highest BCUT2D eigenvalue weighted by molar-refractivity contribution is 5.58. The highest BCUT2D eigenvalue weighted by atomic mass is 19.3. The van der Waals surface area contributed by atoms with E-state index in [1.165, 1.54) is 5.32 Å². The van der Waals surface area contributed by atoms with Crippen molar-refractivity contribution in [1.29, 1.82) is 0 Å². The van der Waals surface area contributed by atoms with Gasteiger partial charge in [-0.15, -0.1) is 0 Å². The first-order valence-electron chi connectivity index (χ1n) is 12.9. The van der Waals surface area contributed by atoms with Gasteiger partial charge in [-0.2, -0.15) is 26.3 Å². The van der Waals surface area contributed by atoms with E-state index < -0.39 is 117 Å².